The number of hydrogen-bond donors (Lipinski definition) is 2. The van der Waals surface area contributed by atoms with Crippen LogP contribution in [0.25, 0.3) is 0 Å². The fourth-order valence-corrected chi connectivity index (χ4v) is 2.92. The highest BCUT2D eigenvalue weighted by Gasteiger charge is 2.23. The van der Waals surface area contributed by atoms with Crippen LogP contribution in [0.3, 0.4) is 0 Å². The maximum atomic E-state index is 12.9. The van der Waals surface area contributed by atoms with Crippen molar-refractivity contribution in [2.75, 3.05) is 11.9 Å². The summed E-state index contributed by atoms with van der Waals surface area (Å²) in [7, 11) is 1.79. The van der Waals surface area contributed by atoms with E-state index in [9.17, 15) is 9.59 Å². The fourth-order valence-electron chi connectivity index (χ4n) is 2.92. The van der Waals surface area contributed by atoms with Gasteiger partial charge in [-0.15, -0.1) is 0 Å². The summed E-state index contributed by atoms with van der Waals surface area (Å²) in [5.74, 6) is 0.125. The quantitative estimate of drug-likeness (QED) is 0.617. The molecule has 1 unspecified atom stereocenters. The van der Waals surface area contributed by atoms with E-state index in [0.717, 1.165) is 5.56 Å². The molecular formula is C22H24N4O3. The summed E-state index contributed by atoms with van der Waals surface area (Å²) in [6, 6.07) is 15.4. The second-order valence-electron chi connectivity index (χ2n) is 6.56. The zero-order valence-electron chi connectivity index (χ0n) is 16.5. The molecule has 0 aliphatic heterocycles. The third-order valence-corrected chi connectivity index (χ3v) is 4.26. The first kappa shape index (κ1) is 20.1. The zero-order valence-corrected chi connectivity index (χ0v) is 16.5. The van der Waals surface area contributed by atoms with Gasteiger partial charge in [-0.3, -0.25) is 14.3 Å². The average Bonchev–Trinajstić information content (AvgIpc) is 3.12. The predicted octanol–water partition coefficient (Wildman–Crippen LogP) is 2.86. The number of nitrogens with one attached hydrogen (secondary N) is 2. The molecule has 1 aromatic heterocycles. The Hall–Kier alpha value is -3.61. The van der Waals surface area contributed by atoms with E-state index in [0.29, 0.717) is 23.6 Å². The largest absolute Gasteiger partial charge is 0.494 e. The molecule has 2 aromatic carbocycles. The van der Waals surface area contributed by atoms with Crippen LogP contribution in [-0.2, 0) is 23.1 Å². The standard InChI is InChI=1S/C22H24N4O3/c1-3-29-19-11-9-17(10-12-19)21(22(28)24-18-7-5-4-6-8-18)25-20(27)13-16-14-23-26(2)15-16/h4-12,14-15,21H,3,13H2,1-2H3,(H,24,28)(H,25,27). The van der Waals surface area contributed by atoms with Crippen molar-refractivity contribution in [3.63, 3.8) is 0 Å². The molecule has 2 N–H and O–H groups in total. The first-order chi connectivity index (χ1) is 14.0. The van der Waals surface area contributed by atoms with Crippen molar-refractivity contribution in [1.29, 1.82) is 0 Å². The lowest BCUT2D eigenvalue weighted by Crippen LogP contribution is -2.37. The van der Waals surface area contributed by atoms with Gasteiger partial charge in [-0.2, -0.15) is 5.10 Å². The van der Waals surface area contributed by atoms with Crippen molar-refractivity contribution >= 4 is 17.5 Å². The number of anilines is 1. The number of aryl methyl sites for hydroxylation is 1. The second-order valence-corrected chi connectivity index (χ2v) is 6.56. The summed E-state index contributed by atoms with van der Waals surface area (Å²) < 4.78 is 7.10. The van der Waals surface area contributed by atoms with E-state index in [4.69, 9.17) is 4.74 Å². The molecule has 7 heteroatoms. The first-order valence-electron chi connectivity index (χ1n) is 9.40. The number of ether oxygens (including phenoxy) is 1. The number of carbonyl (C=O) groups is 2. The second kappa shape index (κ2) is 9.54. The lowest BCUT2D eigenvalue weighted by atomic mass is 10.0. The highest BCUT2D eigenvalue weighted by Crippen LogP contribution is 2.20. The molecule has 0 fully saturated rings. The molecule has 0 aliphatic rings. The van der Waals surface area contributed by atoms with Crippen molar-refractivity contribution in [3.8, 4) is 5.75 Å². The maximum absolute atomic E-state index is 12.9. The Labute approximate surface area is 169 Å². The molecule has 150 valence electrons. The fraction of sp³-hybridized carbons (Fsp3) is 0.227. The average molecular weight is 392 g/mol. The highest BCUT2D eigenvalue weighted by atomic mass is 16.5. The number of rotatable bonds is 8. The highest BCUT2D eigenvalue weighted by molar-refractivity contribution is 5.98. The van der Waals surface area contributed by atoms with Gasteiger partial charge in [0, 0.05) is 18.9 Å². The summed E-state index contributed by atoms with van der Waals surface area (Å²) in [6.45, 7) is 2.46. The van der Waals surface area contributed by atoms with E-state index in [1.807, 2.05) is 25.1 Å². The van der Waals surface area contributed by atoms with Crippen LogP contribution in [0, 0.1) is 0 Å². The lowest BCUT2D eigenvalue weighted by Gasteiger charge is -2.19. The Morgan fingerprint density at radius 2 is 1.83 bits per heavy atom. The molecule has 1 atom stereocenters. The molecule has 0 radical (unpaired) electrons. The van der Waals surface area contributed by atoms with Crippen molar-refractivity contribution < 1.29 is 14.3 Å². The minimum atomic E-state index is -0.838. The Morgan fingerprint density at radius 1 is 1.10 bits per heavy atom. The van der Waals surface area contributed by atoms with Crippen molar-refractivity contribution in [1.82, 2.24) is 15.1 Å². The first-order valence-corrected chi connectivity index (χ1v) is 9.40. The summed E-state index contributed by atoms with van der Waals surface area (Å²) >= 11 is 0. The number of aromatic nitrogens is 2. The van der Waals surface area contributed by atoms with Crippen LogP contribution in [0.2, 0.25) is 0 Å². The van der Waals surface area contributed by atoms with E-state index >= 15 is 0 Å². The molecule has 0 aliphatic carbocycles. The summed E-state index contributed by atoms with van der Waals surface area (Å²) in [5, 5.41) is 9.75. The minimum absolute atomic E-state index is 0.139. The summed E-state index contributed by atoms with van der Waals surface area (Å²) in [5.41, 5.74) is 2.11. The SMILES string of the molecule is CCOc1ccc(C(NC(=O)Cc2cnn(C)c2)C(=O)Nc2ccccc2)cc1. The molecule has 0 saturated heterocycles. The molecule has 3 aromatic rings. The molecule has 3 rings (SSSR count). The number of hydrogen-bond acceptors (Lipinski definition) is 4. The van der Waals surface area contributed by atoms with Crippen molar-refractivity contribution in [2.45, 2.75) is 19.4 Å². The van der Waals surface area contributed by atoms with Gasteiger partial charge in [0.1, 0.15) is 11.8 Å². The van der Waals surface area contributed by atoms with Gasteiger partial charge in [0.2, 0.25) is 5.91 Å². The Balaban J connectivity index is 1.78. The smallest absolute Gasteiger partial charge is 0.251 e. The van der Waals surface area contributed by atoms with Gasteiger partial charge in [0.25, 0.3) is 5.91 Å². The zero-order chi connectivity index (χ0) is 20.6. The van der Waals surface area contributed by atoms with Gasteiger partial charge >= 0.3 is 0 Å². The van der Waals surface area contributed by atoms with Crippen LogP contribution in [0.1, 0.15) is 24.1 Å². The number of amides is 2. The number of nitrogens with zero attached hydrogens (tertiary/aromatic N) is 2. The van der Waals surface area contributed by atoms with Gasteiger partial charge in [-0.1, -0.05) is 30.3 Å². The van der Waals surface area contributed by atoms with Crippen LogP contribution in [0.4, 0.5) is 5.69 Å². The Bertz CT molecular complexity index is 952. The molecule has 2 amide bonds. The van der Waals surface area contributed by atoms with Gasteiger partial charge in [0.15, 0.2) is 0 Å². The monoisotopic (exact) mass is 392 g/mol. The molecule has 29 heavy (non-hydrogen) atoms. The van der Waals surface area contributed by atoms with Crippen LogP contribution in [-0.4, -0.2) is 28.2 Å². The van der Waals surface area contributed by atoms with Gasteiger partial charge in [0.05, 0.1) is 19.2 Å². The maximum Gasteiger partial charge on any atom is 0.251 e. The normalized spacial score (nSPS) is 11.5. The van der Waals surface area contributed by atoms with Gasteiger partial charge < -0.3 is 15.4 Å². The topological polar surface area (TPSA) is 85.2 Å². The van der Waals surface area contributed by atoms with Crippen LogP contribution in [0.15, 0.2) is 67.0 Å². The Kier molecular flexibility index (Phi) is 6.63. The number of benzene rings is 2. The van der Waals surface area contributed by atoms with Crippen molar-refractivity contribution in [3.05, 3.63) is 78.1 Å². The van der Waals surface area contributed by atoms with E-state index < -0.39 is 6.04 Å². The molecular weight excluding hydrogens is 368 g/mol. The molecule has 0 bridgehead atoms. The summed E-state index contributed by atoms with van der Waals surface area (Å²) in [6.07, 6.45) is 3.55. The van der Waals surface area contributed by atoms with E-state index in [-0.39, 0.29) is 18.2 Å². The Morgan fingerprint density at radius 3 is 2.45 bits per heavy atom. The number of carbonyl (C=O) groups excluding carboxylic acids is 2. The third kappa shape index (κ3) is 5.68. The third-order valence-electron chi connectivity index (χ3n) is 4.26. The predicted molar refractivity (Wildman–Crippen MR) is 110 cm³/mol. The summed E-state index contributed by atoms with van der Waals surface area (Å²) in [4.78, 5) is 25.5. The van der Waals surface area contributed by atoms with Crippen molar-refractivity contribution in [2.24, 2.45) is 7.05 Å². The van der Waals surface area contributed by atoms with Crippen LogP contribution >= 0.6 is 0 Å². The van der Waals surface area contributed by atoms with Gasteiger partial charge in [-0.25, -0.2) is 0 Å². The van der Waals surface area contributed by atoms with Gasteiger partial charge in [-0.05, 0) is 42.3 Å². The lowest BCUT2D eigenvalue weighted by molar-refractivity contribution is -0.126. The van der Waals surface area contributed by atoms with Crippen LogP contribution in [0.5, 0.6) is 5.75 Å². The minimum Gasteiger partial charge on any atom is -0.494 e. The molecule has 0 spiro atoms. The van der Waals surface area contributed by atoms with E-state index in [1.54, 1.807) is 60.5 Å². The van der Waals surface area contributed by atoms with Crippen LogP contribution < -0.4 is 15.4 Å². The molecule has 1 heterocycles. The molecule has 0 saturated carbocycles. The van der Waals surface area contributed by atoms with E-state index in [2.05, 4.69) is 15.7 Å². The van der Waals surface area contributed by atoms with E-state index in [1.165, 1.54) is 0 Å². The molecule has 7 nitrogen and oxygen atoms in total. The number of para-hydroxylation sites is 1.